The molecule has 6 nitrogen and oxygen atoms in total. The van der Waals surface area contributed by atoms with Crippen molar-refractivity contribution >= 4 is 51.5 Å². The van der Waals surface area contributed by atoms with E-state index in [2.05, 4.69) is 10.8 Å². The third-order valence-electron chi connectivity index (χ3n) is 6.04. The quantitative estimate of drug-likeness (QED) is 0.289. The number of benzene rings is 3. The lowest BCUT2D eigenvalue weighted by Gasteiger charge is -2.28. The molecule has 4 rings (SSSR count). The Morgan fingerprint density at radius 2 is 1.60 bits per heavy atom. The lowest BCUT2D eigenvalue weighted by atomic mass is 9.90. The number of hydrogen-bond donors (Lipinski definition) is 3. The van der Waals surface area contributed by atoms with Gasteiger partial charge in [0, 0.05) is 26.7 Å². The fourth-order valence-electron chi connectivity index (χ4n) is 4.16. The van der Waals surface area contributed by atoms with E-state index in [-0.39, 0.29) is 32.4 Å². The van der Waals surface area contributed by atoms with Crippen LogP contribution in [0.25, 0.3) is 16.5 Å². The minimum atomic E-state index is -4.94. The fourth-order valence-corrected chi connectivity index (χ4v) is 4.68. The summed E-state index contributed by atoms with van der Waals surface area (Å²) in [6.45, 7) is -0.349. The van der Waals surface area contributed by atoms with E-state index in [0.717, 1.165) is 18.2 Å². The zero-order valence-corrected chi connectivity index (χ0v) is 21.8. The van der Waals surface area contributed by atoms with Crippen molar-refractivity contribution in [2.24, 2.45) is 0 Å². The molecule has 40 heavy (non-hydrogen) atoms. The number of alkyl halides is 6. The molecular weight excluding hydrogens is 587 g/mol. The molecule has 0 saturated heterocycles. The van der Waals surface area contributed by atoms with Crippen molar-refractivity contribution in [1.82, 2.24) is 16.1 Å². The van der Waals surface area contributed by atoms with Crippen LogP contribution in [-0.2, 0) is 15.2 Å². The Bertz CT molecular complexity index is 1490. The number of amides is 2. The van der Waals surface area contributed by atoms with Crippen LogP contribution in [0.1, 0.15) is 28.4 Å². The van der Waals surface area contributed by atoms with Crippen molar-refractivity contribution in [2.75, 3.05) is 6.54 Å². The molecule has 1 unspecified atom stereocenters. The van der Waals surface area contributed by atoms with Crippen molar-refractivity contribution in [3.05, 3.63) is 87.4 Å². The summed E-state index contributed by atoms with van der Waals surface area (Å²) < 4.78 is 80.4. The number of rotatable bonds is 6. The summed E-state index contributed by atoms with van der Waals surface area (Å²) in [5.41, 5.74) is -0.735. The SMILES string of the molecule is C[C@@H](NC(=O)c1ccc(C2=CC(c3cc(Cl)cc(Cl)c3)(C(F)(F)F)ON2)c2ccccc12)C(=O)NCC(F)(F)F. The average molecular weight is 606 g/mol. The van der Waals surface area contributed by atoms with Crippen LogP contribution in [0, 0.1) is 0 Å². The van der Waals surface area contributed by atoms with Gasteiger partial charge in [-0.2, -0.15) is 26.3 Å². The van der Waals surface area contributed by atoms with Gasteiger partial charge in [-0.1, -0.05) is 53.5 Å². The van der Waals surface area contributed by atoms with Crippen LogP contribution in [-0.4, -0.2) is 36.8 Å². The smallest absolute Gasteiger partial charge is 0.345 e. The van der Waals surface area contributed by atoms with E-state index in [1.165, 1.54) is 31.2 Å². The van der Waals surface area contributed by atoms with Gasteiger partial charge in [-0.15, -0.1) is 0 Å². The van der Waals surface area contributed by atoms with E-state index in [0.29, 0.717) is 10.8 Å². The highest BCUT2D eigenvalue weighted by Crippen LogP contribution is 2.48. The normalized spacial score (nSPS) is 18.2. The second-order valence-corrected chi connectivity index (χ2v) is 9.76. The van der Waals surface area contributed by atoms with E-state index in [1.807, 2.05) is 0 Å². The van der Waals surface area contributed by atoms with Crippen LogP contribution in [0.5, 0.6) is 0 Å². The highest BCUT2D eigenvalue weighted by molar-refractivity contribution is 6.34. The Morgan fingerprint density at radius 1 is 0.975 bits per heavy atom. The highest BCUT2D eigenvalue weighted by Gasteiger charge is 2.59. The molecule has 0 aliphatic carbocycles. The Labute approximate surface area is 233 Å². The molecule has 212 valence electrons. The lowest BCUT2D eigenvalue weighted by molar-refractivity contribution is -0.269. The van der Waals surface area contributed by atoms with Gasteiger partial charge in [-0.05, 0) is 48.0 Å². The molecule has 3 aromatic carbocycles. The molecule has 1 aliphatic rings. The van der Waals surface area contributed by atoms with Crippen molar-refractivity contribution in [3.63, 3.8) is 0 Å². The van der Waals surface area contributed by atoms with E-state index in [9.17, 15) is 35.9 Å². The maximum Gasteiger partial charge on any atom is 0.428 e. The molecule has 2 amide bonds. The van der Waals surface area contributed by atoms with Crippen molar-refractivity contribution in [1.29, 1.82) is 0 Å². The first-order valence-electron chi connectivity index (χ1n) is 11.5. The summed E-state index contributed by atoms with van der Waals surface area (Å²) in [6.07, 6.45) is -8.72. The second-order valence-electron chi connectivity index (χ2n) is 8.89. The molecule has 0 saturated carbocycles. The Morgan fingerprint density at radius 3 is 2.20 bits per heavy atom. The monoisotopic (exact) mass is 605 g/mol. The van der Waals surface area contributed by atoms with E-state index in [4.69, 9.17) is 28.0 Å². The summed E-state index contributed by atoms with van der Waals surface area (Å²) in [5.74, 6) is -1.83. The van der Waals surface area contributed by atoms with E-state index >= 15 is 0 Å². The molecule has 0 aromatic heterocycles. The third-order valence-corrected chi connectivity index (χ3v) is 6.48. The van der Waals surface area contributed by atoms with Gasteiger partial charge >= 0.3 is 12.4 Å². The van der Waals surface area contributed by atoms with Crippen LogP contribution in [0.3, 0.4) is 0 Å². The number of carbonyl (C=O) groups excluding carboxylic acids is 2. The zero-order chi connectivity index (χ0) is 29.5. The van der Waals surface area contributed by atoms with E-state index < -0.39 is 42.4 Å². The standard InChI is InChI=1S/C26H19Cl2F6N3O3/c1-13(22(38)35-12-25(29,30)31)36-23(39)20-7-6-19(17-4-2-3-5-18(17)20)21-11-24(40-37-21,26(32,33)34)14-8-15(27)10-16(28)9-14/h2-11,13,37H,12H2,1H3,(H,35,38)(H,36,39)/t13-,24?/m1/s1. The van der Waals surface area contributed by atoms with Gasteiger partial charge in [0.1, 0.15) is 12.6 Å². The molecule has 3 aromatic rings. The number of hydroxylamine groups is 1. The van der Waals surface area contributed by atoms with Gasteiger partial charge < -0.3 is 10.6 Å². The van der Waals surface area contributed by atoms with E-state index in [1.54, 1.807) is 23.5 Å². The maximum atomic E-state index is 14.4. The Balaban J connectivity index is 1.70. The van der Waals surface area contributed by atoms with Crippen molar-refractivity contribution in [3.8, 4) is 0 Å². The van der Waals surface area contributed by atoms with Crippen LogP contribution < -0.4 is 16.1 Å². The number of nitrogens with one attached hydrogen (secondary N) is 3. The summed E-state index contributed by atoms with van der Waals surface area (Å²) in [7, 11) is 0. The number of hydrogen-bond acceptors (Lipinski definition) is 4. The average Bonchev–Trinajstić information content (AvgIpc) is 3.32. The second kappa shape index (κ2) is 10.8. The largest absolute Gasteiger partial charge is 0.428 e. The first-order chi connectivity index (χ1) is 18.6. The van der Waals surface area contributed by atoms with Crippen molar-refractivity contribution in [2.45, 2.75) is 30.9 Å². The van der Waals surface area contributed by atoms with Crippen LogP contribution in [0.4, 0.5) is 26.3 Å². The molecule has 0 fully saturated rings. The van der Waals surface area contributed by atoms with Gasteiger partial charge in [-0.3, -0.25) is 19.9 Å². The van der Waals surface area contributed by atoms with Crippen LogP contribution in [0.15, 0.2) is 60.7 Å². The van der Waals surface area contributed by atoms with Gasteiger partial charge in [0.25, 0.3) is 5.91 Å². The predicted octanol–water partition coefficient (Wildman–Crippen LogP) is 6.28. The molecule has 3 N–H and O–H groups in total. The zero-order valence-electron chi connectivity index (χ0n) is 20.3. The molecule has 1 heterocycles. The summed E-state index contributed by atoms with van der Waals surface area (Å²) in [6, 6.07) is 11.1. The third kappa shape index (κ3) is 5.98. The minimum absolute atomic E-state index is 0.0290. The maximum absolute atomic E-state index is 14.4. The molecule has 0 radical (unpaired) electrons. The topological polar surface area (TPSA) is 79.5 Å². The van der Waals surface area contributed by atoms with Gasteiger partial charge in [0.15, 0.2) is 0 Å². The van der Waals surface area contributed by atoms with Gasteiger partial charge in [-0.25, -0.2) is 0 Å². The summed E-state index contributed by atoms with van der Waals surface area (Å²) >= 11 is 11.9. The first kappa shape index (κ1) is 29.5. The molecule has 0 bridgehead atoms. The summed E-state index contributed by atoms with van der Waals surface area (Å²) in [4.78, 5) is 30.1. The number of fused-ring (bicyclic) bond motifs is 1. The highest BCUT2D eigenvalue weighted by atomic mass is 35.5. The van der Waals surface area contributed by atoms with Gasteiger partial charge in [0.2, 0.25) is 11.5 Å². The molecular formula is C26H19Cl2F6N3O3. The fraction of sp³-hybridized carbons (Fsp3) is 0.231. The number of halogens is 8. The van der Waals surface area contributed by atoms with Crippen LogP contribution in [0.2, 0.25) is 10.0 Å². The van der Waals surface area contributed by atoms with Crippen LogP contribution >= 0.6 is 23.2 Å². The lowest BCUT2D eigenvalue weighted by Crippen LogP contribution is -2.47. The Hall–Kier alpha value is -3.48. The predicted molar refractivity (Wildman–Crippen MR) is 136 cm³/mol. The number of carbonyl (C=O) groups is 2. The molecule has 2 atom stereocenters. The van der Waals surface area contributed by atoms with Crippen molar-refractivity contribution < 1.29 is 40.8 Å². The Kier molecular flexibility index (Phi) is 7.99. The summed E-state index contributed by atoms with van der Waals surface area (Å²) in [5, 5.41) is 4.62. The molecule has 1 aliphatic heterocycles. The van der Waals surface area contributed by atoms with Gasteiger partial charge in [0.05, 0.1) is 5.70 Å². The molecule has 0 spiro atoms. The first-order valence-corrected chi connectivity index (χ1v) is 12.2. The molecule has 14 heteroatoms. The minimum Gasteiger partial charge on any atom is -0.345 e.